The third kappa shape index (κ3) is 3.49. The lowest BCUT2D eigenvalue weighted by Gasteiger charge is -2.34. The van der Waals surface area contributed by atoms with Crippen molar-refractivity contribution < 1.29 is 9.90 Å². The number of pyridine rings is 2. The molecule has 4 atom stereocenters. The van der Waals surface area contributed by atoms with Crippen molar-refractivity contribution in [1.29, 1.82) is 0 Å². The molecule has 1 saturated carbocycles. The molecule has 1 aliphatic carbocycles. The molecule has 2 aliphatic heterocycles. The first-order valence-corrected chi connectivity index (χ1v) is 11.5. The lowest BCUT2D eigenvalue weighted by molar-refractivity contribution is -0.129. The van der Waals surface area contributed by atoms with Crippen LogP contribution in [0.3, 0.4) is 0 Å². The number of rotatable bonds is 6. The van der Waals surface area contributed by atoms with Gasteiger partial charge in [-0.25, -0.2) is 0 Å². The van der Waals surface area contributed by atoms with Gasteiger partial charge in [0.1, 0.15) is 0 Å². The van der Waals surface area contributed by atoms with E-state index in [-0.39, 0.29) is 42.0 Å². The number of aliphatic hydroxyl groups is 1. The number of hydrogen-bond acceptors (Lipinski definition) is 5. The van der Waals surface area contributed by atoms with Gasteiger partial charge in [0.25, 0.3) is 5.56 Å². The number of aromatic nitrogens is 2. The fraction of sp³-hybridized carbons (Fsp3) is 0.480. The molecule has 1 saturated heterocycles. The second-order valence-corrected chi connectivity index (χ2v) is 9.19. The molecule has 2 aromatic rings. The van der Waals surface area contributed by atoms with Crippen LogP contribution in [-0.4, -0.2) is 44.2 Å². The van der Waals surface area contributed by atoms with E-state index in [0.717, 1.165) is 30.5 Å². The molecule has 1 amide bonds. The SMILES string of the molecule is C/C=C/c1ccc2n(c1=O)C[C@@H]1[C@@H](CO)[C@H](C(=O)NC3CCC3)N(Cc3ccncc3)[C@H]21. The van der Waals surface area contributed by atoms with E-state index in [9.17, 15) is 14.7 Å². The van der Waals surface area contributed by atoms with Crippen molar-refractivity contribution in [2.75, 3.05) is 6.61 Å². The van der Waals surface area contributed by atoms with Gasteiger partial charge in [0.2, 0.25) is 5.91 Å². The van der Waals surface area contributed by atoms with Gasteiger partial charge in [0.05, 0.1) is 12.1 Å². The lowest BCUT2D eigenvalue weighted by Crippen LogP contribution is -2.52. The minimum atomic E-state index is -0.428. The highest BCUT2D eigenvalue weighted by Gasteiger charge is 2.55. The molecule has 7 heteroatoms. The maximum Gasteiger partial charge on any atom is 0.258 e. The average molecular weight is 435 g/mol. The summed E-state index contributed by atoms with van der Waals surface area (Å²) in [4.78, 5) is 32.8. The minimum Gasteiger partial charge on any atom is -0.396 e. The predicted octanol–water partition coefficient (Wildman–Crippen LogP) is 2.11. The highest BCUT2D eigenvalue weighted by atomic mass is 16.3. The number of nitrogens with one attached hydrogen (secondary N) is 1. The van der Waals surface area contributed by atoms with Crippen LogP contribution in [0.15, 0.2) is 47.5 Å². The highest BCUT2D eigenvalue weighted by molar-refractivity contribution is 5.83. The first-order valence-electron chi connectivity index (χ1n) is 11.5. The molecule has 0 aromatic carbocycles. The number of hydrogen-bond donors (Lipinski definition) is 2. The van der Waals surface area contributed by atoms with Gasteiger partial charge in [-0.3, -0.25) is 19.5 Å². The molecular weight excluding hydrogens is 404 g/mol. The highest BCUT2D eigenvalue weighted by Crippen LogP contribution is 2.49. The second-order valence-electron chi connectivity index (χ2n) is 9.19. The summed E-state index contributed by atoms with van der Waals surface area (Å²) in [6.07, 6.45) is 10.4. The van der Waals surface area contributed by atoms with Crippen molar-refractivity contribution in [2.45, 2.75) is 57.4 Å². The lowest BCUT2D eigenvalue weighted by atomic mass is 9.87. The van der Waals surface area contributed by atoms with E-state index in [0.29, 0.717) is 18.7 Å². The van der Waals surface area contributed by atoms with E-state index >= 15 is 0 Å². The molecule has 3 aliphatic rings. The van der Waals surface area contributed by atoms with E-state index in [1.54, 1.807) is 12.4 Å². The van der Waals surface area contributed by atoms with E-state index < -0.39 is 6.04 Å². The molecule has 5 rings (SSSR count). The number of allylic oxidation sites excluding steroid dienone is 1. The fourth-order valence-electron chi connectivity index (χ4n) is 5.65. The van der Waals surface area contributed by atoms with Gasteiger partial charge in [-0.05, 0) is 56.0 Å². The molecule has 2 fully saturated rings. The standard InChI is InChI=1S/C25H30N4O3/c1-2-4-17-7-8-21-22-19(14-28(21)25(17)32)20(15-30)23(24(31)27-18-5-3-6-18)29(22)13-16-9-11-26-12-10-16/h2,4,7-12,18-20,22-23,30H,3,5-6,13-15H2,1H3,(H,27,31)/b4-2+/t19-,20-,22+,23-/m1/s1. The summed E-state index contributed by atoms with van der Waals surface area (Å²) < 4.78 is 1.84. The summed E-state index contributed by atoms with van der Waals surface area (Å²) in [6.45, 7) is 2.90. The average Bonchev–Trinajstić information content (AvgIpc) is 3.29. The Labute approximate surface area is 187 Å². The Bertz CT molecular complexity index is 1080. The number of carbonyl (C=O) groups excluding carboxylic acids is 1. The van der Waals surface area contributed by atoms with Crippen LogP contribution in [0, 0.1) is 11.8 Å². The number of carbonyl (C=O) groups is 1. The Morgan fingerprint density at radius 1 is 1.25 bits per heavy atom. The molecule has 2 N–H and O–H groups in total. The van der Waals surface area contributed by atoms with Crippen LogP contribution in [0.5, 0.6) is 0 Å². The Hall–Kier alpha value is -2.77. The van der Waals surface area contributed by atoms with Gasteiger partial charge in [-0.15, -0.1) is 0 Å². The number of nitrogens with zero attached hydrogens (tertiary/aromatic N) is 3. The van der Waals surface area contributed by atoms with Crippen molar-refractivity contribution in [1.82, 2.24) is 19.8 Å². The molecule has 32 heavy (non-hydrogen) atoms. The van der Waals surface area contributed by atoms with Crippen molar-refractivity contribution in [3.63, 3.8) is 0 Å². The molecular formula is C25H30N4O3. The first-order chi connectivity index (χ1) is 15.6. The summed E-state index contributed by atoms with van der Waals surface area (Å²) >= 11 is 0. The van der Waals surface area contributed by atoms with Gasteiger partial charge in [-0.2, -0.15) is 0 Å². The second kappa shape index (κ2) is 8.64. The summed E-state index contributed by atoms with van der Waals surface area (Å²) in [6, 6.07) is 7.52. The minimum absolute atomic E-state index is 0.00311. The van der Waals surface area contributed by atoms with Crippen LogP contribution in [0.4, 0.5) is 0 Å². The number of aliphatic hydroxyl groups excluding tert-OH is 1. The Balaban J connectivity index is 1.55. The van der Waals surface area contributed by atoms with Crippen LogP contribution in [-0.2, 0) is 17.9 Å². The number of amides is 1. The van der Waals surface area contributed by atoms with E-state index in [4.69, 9.17) is 0 Å². The van der Waals surface area contributed by atoms with Crippen molar-refractivity contribution in [2.24, 2.45) is 11.8 Å². The van der Waals surface area contributed by atoms with Crippen LogP contribution < -0.4 is 10.9 Å². The maximum atomic E-state index is 13.4. The van der Waals surface area contributed by atoms with Crippen molar-refractivity contribution in [3.8, 4) is 0 Å². The zero-order valence-electron chi connectivity index (χ0n) is 18.4. The van der Waals surface area contributed by atoms with Crippen LogP contribution in [0.25, 0.3) is 6.08 Å². The van der Waals surface area contributed by atoms with E-state index in [1.165, 1.54) is 0 Å². The Morgan fingerprint density at radius 2 is 2.03 bits per heavy atom. The molecule has 168 valence electrons. The van der Waals surface area contributed by atoms with Crippen LogP contribution >= 0.6 is 0 Å². The monoisotopic (exact) mass is 434 g/mol. The molecule has 0 unspecified atom stereocenters. The molecule has 0 bridgehead atoms. The smallest absolute Gasteiger partial charge is 0.258 e. The molecule has 0 radical (unpaired) electrons. The summed E-state index contributed by atoms with van der Waals surface area (Å²) in [5.74, 6) is -0.226. The van der Waals surface area contributed by atoms with Gasteiger partial charge >= 0.3 is 0 Å². The quantitative estimate of drug-likeness (QED) is 0.727. The maximum absolute atomic E-state index is 13.4. The Morgan fingerprint density at radius 3 is 2.69 bits per heavy atom. The van der Waals surface area contributed by atoms with E-state index in [2.05, 4.69) is 15.2 Å². The van der Waals surface area contributed by atoms with Crippen LogP contribution in [0.1, 0.15) is 49.0 Å². The summed E-state index contributed by atoms with van der Waals surface area (Å²) in [7, 11) is 0. The first kappa shape index (κ1) is 21.1. The normalized spacial score (nSPS) is 27.3. The predicted molar refractivity (Wildman–Crippen MR) is 122 cm³/mol. The summed E-state index contributed by atoms with van der Waals surface area (Å²) in [5.41, 5.74) is 2.65. The van der Waals surface area contributed by atoms with Gasteiger partial charge < -0.3 is 15.0 Å². The van der Waals surface area contributed by atoms with Gasteiger partial charge in [-0.1, -0.05) is 12.2 Å². The van der Waals surface area contributed by atoms with E-state index in [1.807, 2.05) is 47.9 Å². The molecule has 4 heterocycles. The third-order valence-corrected chi connectivity index (χ3v) is 7.40. The van der Waals surface area contributed by atoms with Crippen LogP contribution in [0.2, 0.25) is 0 Å². The molecule has 7 nitrogen and oxygen atoms in total. The number of likely N-dealkylation sites (tertiary alicyclic amines) is 1. The molecule has 2 aromatic heterocycles. The zero-order chi connectivity index (χ0) is 22.2. The van der Waals surface area contributed by atoms with Gasteiger partial charge in [0, 0.05) is 61.2 Å². The zero-order valence-corrected chi connectivity index (χ0v) is 18.4. The topological polar surface area (TPSA) is 87.5 Å². The third-order valence-electron chi connectivity index (χ3n) is 7.40. The number of fused-ring (bicyclic) bond motifs is 3. The van der Waals surface area contributed by atoms with Crippen molar-refractivity contribution in [3.05, 3.63) is 69.9 Å². The van der Waals surface area contributed by atoms with Crippen molar-refractivity contribution >= 4 is 12.0 Å². The Kier molecular flexibility index (Phi) is 5.69. The molecule has 0 spiro atoms. The fourth-order valence-corrected chi connectivity index (χ4v) is 5.65. The largest absolute Gasteiger partial charge is 0.396 e. The van der Waals surface area contributed by atoms with Gasteiger partial charge in [0.15, 0.2) is 0 Å². The summed E-state index contributed by atoms with van der Waals surface area (Å²) in [5, 5.41) is 13.6.